The number of hydrogen-bond donors (Lipinski definition) is 2. The number of amides is 2. The molecule has 114 valence electrons. The van der Waals surface area contributed by atoms with Crippen LogP contribution in [0.1, 0.15) is 58.8 Å². The van der Waals surface area contributed by atoms with Gasteiger partial charge in [-0.1, -0.05) is 38.7 Å². The largest absolute Gasteiger partial charge is 0.370 e. The van der Waals surface area contributed by atoms with Gasteiger partial charge >= 0.3 is 0 Å². The van der Waals surface area contributed by atoms with E-state index in [1.54, 1.807) is 0 Å². The second kappa shape index (κ2) is 11.2. The zero-order valence-electron chi connectivity index (χ0n) is 12.5. The van der Waals surface area contributed by atoms with Crippen LogP contribution in [0.25, 0.3) is 0 Å². The number of primary amides is 1. The smallest absolute Gasteiger partial charge is 0.220 e. The molecule has 0 aromatic heterocycles. The second-order valence-electron chi connectivity index (χ2n) is 4.98. The molecule has 0 bridgehead atoms. The van der Waals surface area contributed by atoms with Crippen LogP contribution in [-0.2, 0) is 14.4 Å². The Morgan fingerprint density at radius 3 is 2.35 bits per heavy atom. The van der Waals surface area contributed by atoms with Gasteiger partial charge in [-0.05, 0) is 19.4 Å². The maximum Gasteiger partial charge on any atom is 0.220 e. The summed E-state index contributed by atoms with van der Waals surface area (Å²) >= 11 is 0. The third-order valence-electron chi connectivity index (χ3n) is 2.84. The van der Waals surface area contributed by atoms with Crippen molar-refractivity contribution in [3.63, 3.8) is 0 Å². The summed E-state index contributed by atoms with van der Waals surface area (Å²) in [4.78, 5) is 33.5. The van der Waals surface area contributed by atoms with Crippen LogP contribution in [0.5, 0.6) is 0 Å². The average Bonchev–Trinajstić information content (AvgIpc) is 2.35. The van der Waals surface area contributed by atoms with Crippen LogP contribution >= 0.6 is 0 Å². The van der Waals surface area contributed by atoms with Crippen molar-refractivity contribution in [3.8, 4) is 0 Å². The maximum absolute atomic E-state index is 11.7. The highest BCUT2D eigenvalue weighted by atomic mass is 16.2. The molecule has 0 aliphatic heterocycles. The van der Waals surface area contributed by atoms with Crippen LogP contribution in [0.15, 0.2) is 12.2 Å². The normalized spacial score (nSPS) is 12.3. The van der Waals surface area contributed by atoms with Crippen LogP contribution in [-0.4, -0.2) is 23.6 Å². The van der Waals surface area contributed by atoms with E-state index < -0.39 is 11.9 Å². The summed E-state index contributed by atoms with van der Waals surface area (Å²) < 4.78 is 0. The first-order valence-corrected chi connectivity index (χ1v) is 7.22. The highest BCUT2D eigenvalue weighted by Crippen LogP contribution is 2.05. The molecule has 0 aliphatic carbocycles. The predicted octanol–water partition coefficient (Wildman–Crippen LogP) is 1.85. The Balaban J connectivity index is 4.11. The lowest BCUT2D eigenvalue weighted by atomic mass is 10.1. The number of allylic oxidation sites excluding steroid dienone is 1. The number of nitrogens with one attached hydrogen (secondary N) is 1. The van der Waals surface area contributed by atoms with E-state index in [-0.39, 0.29) is 18.1 Å². The van der Waals surface area contributed by atoms with Crippen molar-refractivity contribution in [2.24, 2.45) is 5.73 Å². The van der Waals surface area contributed by atoms with Gasteiger partial charge in [0.25, 0.3) is 0 Å². The van der Waals surface area contributed by atoms with Gasteiger partial charge in [-0.15, -0.1) is 0 Å². The van der Waals surface area contributed by atoms with E-state index in [1.807, 2.05) is 0 Å². The fourth-order valence-corrected chi connectivity index (χ4v) is 1.80. The van der Waals surface area contributed by atoms with E-state index >= 15 is 0 Å². The highest BCUT2D eigenvalue weighted by Gasteiger charge is 2.12. The van der Waals surface area contributed by atoms with Crippen LogP contribution in [0.4, 0.5) is 0 Å². The van der Waals surface area contributed by atoms with E-state index in [0.29, 0.717) is 6.42 Å². The maximum atomic E-state index is 11.7. The third-order valence-corrected chi connectivity index (χ3v) is 2.84. The van der Waals surface area contributed by atoms with Gasteiger partial charge in [0, 0.05) is 6.42 Å². The summed E-state index contributed by atoms with van der Waals surface area (Å²) in [6, 6.07) is -0.500. The summed E-state index contributed by atoms with van der Waals surface area (Å²) in [5.74, 6) is -0.749. The topological polar surface area (TPSA) is 89.3 Å². The minimum absolute atomic E-state index is 0.00531. The standard InChI is InChI=1S/C15H26N2O3/c1-3-4-5-6-7-8-15(20)17-13(11-14(16)19)10-9-12(2)18/h9-10,13H,3-8,11H2,1-2H3,(H2,16,19)(H,17,20)/b10-9+/t13-/m0/s1. The molecule has 0 heterocycles. The minimum atomic E-state index is -0.508. The summed E-state index contributed by atoms with van der Waals surface area (Å²) in [6.45, 7) is 3.55. The van der Waals surface area contributed by atoms with Gasteiger partial charge in [-0.25, -0.2) is 0 Å². The average molecular weight is 282 g/mol. The molecule has 2 amide bonds. The second-order valence-corrected chi connectivity index (χ2v) is 4.98. The lowest BCUT2D eigenvalue weighted by Gasteiger charge is -2.13. The van der Waals surface area contributed by atoms with Crippen molar-refractivity contribution >= 4 is 17.6 Å². The molecule has 0 saturated heterocycles. The zero-order chi connectivity index (χ0) is 15.4. The number of hydrogen-bond acceptors (Lipinski definition) is 3. The van der Waals surface area contributed by atoms with Crippen LogP contribution in [0.3, 0.4) is 0 Å². The van der Waals surface area contributed by atoms with Crippen molar-refractivity contribution in [2.75, 3.05) is 0 Å². The van der Waals surface area contributed by atoms with Crippen LogP contribution < -0.4 is 11.1 Å². The fourth-order valence-electron chi connectivity index (χ4n) is 1.80. The molecule has 3 N–H and O–H groups in total. The molecule has 0 aromatic carbocycles. The van der Waals surface area contributed by atoms with Gasteiger partial charge in [0.1, 0.15) is 0 Å². The number of unbranched alkanes of at least 4 members (excludes halogenated alkanes) is 4. The predicted molar refractivity (Wildman–Crippen MR) is 78.9 cm³/mol. The number of rotatable bonds is 11. The molecule has 0 aromatic rings. The monoisotopic (exact) mass is 282 g/mol. The van der Waals surface area contributed by atoms with Gasteiger partial charge < -0.3 is 11.1 Å². The first-order chi connectivity index (χ1) is 9.45. The number of nitrogens with two attached hydrogens (primary N) is 1. The van der Waals surface area contributed by atoms with Crippen LogP contribution in [0.2, 0.25) is 0 Å². The van der Waals surface area contributed by atoms with Gasteiger partial charge in [0.15, 0.2) is 5.78 Å². The molecule has 5 nitrogen and oxygen atoms in total. The van der Waals surface area contributed by atoms with E-state index in [2.05, 4.69) is 12.2 Å². The lowest BCUT2D eigenvalue weighted by Crippen LogP contribution is -2.36. The van der Waals surface area contributed by atoms with E-state index in [0.717, 1.165) is 19.3 Å². The third kappa shape index (κ3) is 11.4. The molecule has 0 radical (unpaired) electrons. The van der Waals surface area contributed by atoms with Gasteiger partial charge in [0.2, 0.25) is 11.8 Å². The first kappa shape index (κ1) is 18.4. The molecule has 0 rings (SSSR count). The zero-order valence-corrected chi connectivity index (χ0v) is 12.5. The van der Waals surface area contributed by atoms with Gasteiger partial charge in [-0.3, -0.25) is 14.4 Å². The molecule has 0 unspecified atom stereocenters. The summed E-state index contributed by atoms with van der Waals surface area (Å²) in [5, 5.41) is 2.72. The van der Waals surface area contributed by atoms with Crippen molar-refractivity contribution in [2.45, 2.75) is 64.8 Å². The Morgan fingerprint density at radius 2 is 1.80 bits per heavy atom. The molecule has 0 fully saturated rings. The first-order valence-electron chi connectivity index (χ1n) is 7.22. The Hall–Kier alpha value is -1.65. The lowest BCUT2D eigenvalue weighted by molar-refractivity contribution is -0.122. The molecular weight excluding hydrogens is 256 g/mol. The number of carbonyl (C=O) groups is 3. The summed E-state index contributed by atoms with van der Waals surface area (Å²) in [5.41, 5.74) is 5.12. The SMILES string of the molecule is CCCCCCCC(=O)N[C@@H](/C=C/C(C)=O)CC(N)=O. The van der Waals surface area contributed by atoms with Crippen molar-refractivity contribution < 1.29 is 14.4 Å². The highest BCUT2D eigenvalue weighted by molar-refractivity contribution is 5.87. The molecule has 0 spiro atoms. The quantitative estimate of drug-likeness (QED) is 0.447. The van der Waals surface area contributed by atoms with Crippen molar-refractivity contribution in [1.29, 1.82) is 0 Å². The molecule has 0 aliphatic rings. The molecule has 0 saturated carbocycles. The van der Waals surface area contributed by atoms with Crippen molar-refractivity contribution in [3.05, 3.63) is 12.2 Å². The van der Waals surface area contributed by atoms with Crippen LogP contribution in [0, 0.1) is 0 Å². The number of carbonyl (C=O) groups excluding carboxylic acids is 3. The Bertz CT molecular complexity index is 351. The summed E-state index contributed by atoms with van der Waals surface area (Å²) in [7, 11) is 0. The molecule has 1 atom stereocenters. The van der Waals surface area contributed by atoms with Gasteiger partial charge in [0.05, 0.1) is 12.5 Å². The van der Waals surface area contributed by atoms with Crippen molar-refractivity contribution in [1.82, 2.24) is 5.32 Å². The Morgan fingerprint density at radius 1 is 1.15 bits per heavy atom. The fraction of sp³-hybridized carbons (Fsp3) is 0.667. The van der Waals surface area contributed by atoms with Gasteiger partial charge in [-0.2, -0.15) is 0 Å². The van der Waals surface area contributed by atoms with E-state index in [4.69, 9.17) is 5.73 Å². The minimum Gasteiger partial charge on any atom is -0.370 e. The molecular formula is C15H26N2O3. The Labute approximate surface area is 121 Å². The molecule has 5 heteroatoms. The van der Waals surface area contributed by atoms with E-state index in [1.165, 1.54) is 31.9 Å². The summed E-state index contributed by atoms with van der Waals surface area (Å²) in [6.07, 6.45) is 8.67. The van der Waals surface area contributed by atoms with E-state index in [9.17, 15) is 14.4 Å². The number of ketones is 1. The molecule has 20 heavy (non-hydrogen) atoms. The Kier molecular flexibility index (Phi) is 10.3.